The van der Waals surface area contributed by atoms with Gasteiger partial charge in [0.1, 0.15) is 17.6 Å². The zero-order chi connectivity index (χ0) is 19.6. The summed E-state index contributed by atoms with van der Waals surface area (Å²) in [6, 6.07) is 0. The van der Waals surface area contributed by atoms with Gasteiger partial charge in [-0.3, -0.25) is 4.98 Å². The summed E-state index contributed by atoms with van der Waals surface area (Å²) in [5.41, 5.74) is -0.789. The van der Waals surface area contributed by atoms with Crippen LogP contribution in [0.1, 0.15) is 62.4 Å². The topological polar surface area (TPSA) is 66.9 Å². The first-order chi connectivity index (χ1) is 13.5. The van der Waals surface area contributed by atoms with E-state index in [4.69, 9.17) is 4.74 Å². The number of H-pyrrole nitrogens is 1. The van der Waals surface area contributed by atoms with E-state index in [9.17, 15) is 13.2 Å². The summed E-state index contributed by atoms with van der Waals surface area (Å²) in [5, 5.41) is 0. The number of aromatic amines is 1. The minimum Gasteiger partial charge on any atom is -0.473 e. The smallest absolute Gasteiger partial charge is 0.432 e. The Morgan fingerprint density at radius 1 is 1.00 bits per heavy atom. The van der Waals surface area contributed by atoms with Crippen LogP contribution >= 0.6 is 0 Å². The minimum atomic E-state index is -4.39. The Balaban J connectivity index is 1.36. The number of halogens is 3. The van der Waals surface area contributed by atoms with Crippen molar-refractivity contribution < 1.29 is 17.9 Å². The number of hydrogen-bond acceptors (Lipinski definition) is 5. The SMILES string of the molecule is FC(F)(F)c1cnc(C2CCN(c3cncc(OC4CCCCC4)n3)CC2)[nH]1. The highest BCUT2D eigenvalue weighted by atomic mass is 19.4. The van der Waals surface area contributed by atoms with Crippen LogP contribution in [0.25, 0.3) is 0 Å². The van der Waals surface area contributed by atoms with E-state index in [0.29, 0.717) is 37.6 Å². The molecule has 1 N–H and O–H groups in total. The van der Waals surface area contributed by atoms with Crippen molar-refractivity contribution in [3.8, 4) is 5.88 Å². The molecule has 0 atom stereocenters. The summed E-state index contributed by atoms with van der Waals surface area (Å²) in [7, 11) is 0. The first-order valence-electron chi connectivity index (χ1n) is 9.85. The molecule has 4 rings (SSSR count). The fourth-order valence-corrected chi connectivity index (χ4v) is 3.97. The van der Waals surface area contributed by atoms with E-state index in [0.717, 1.165) is 24.9 Å². The minimum absolute atomic E-state index is 0.0121. The summed E-state index contributed by atoms with van der Waals surface area (Å²) < 4.78 is 44.2. The van der Waals surface area contributed by atoms with E-state index < -0.39 is 11.9 Å². The van der Waals surface area contributed by atoms with Gasteiger partial charge in [0.15, 0.2) is 5.82 Å². The molecule has 2 aromatic rings. The molecule has 1 saturated carbocycles. The Kier molecular flexibility index (Phi) is 5.41. The molecule has 0 bridgehead atoms. The third kappa shape index (κ3) is 4.39. The Bertz CT molecular complexity index is 780. The van der Waals surface area contributed by atoms with E-state index in [-0.39, 0.29) is 12.0 Å². The molecule has 2 aromatic heterocycles. The van der Waals surface area contributed by atoms with Crippen molar-refractivity contribution in [2.24, 2.45) is 0 Å². The molecule has 28 heavy (non-hydrogen) atoms. The van der Waals surface area contributed by atoms with Gasteiger partial charge in [-0.05, 0) is 38.5 Å². The van der Waals surface area contributed by atoms with Crippen molar-refractivity contribution in [2.45, 2.75) is 63.1 Å². The fraction of sp³-hybridized carbons (Fsp3) is 0.632. The van der Waals surface area contributed by atoms with E-state index in [2.05, 4.69) is 24.8 Å². The average Bonchev–Trinajstić information content (AvgIpc) is 3.20. The Labute approximate surface area is 161 Å². The number of nitrogens with one attached hydrogen (secondary N) is 1. The van der Waals surface area contributed by atoms with E-state index >= 15 is 0 Å². The van der Waals surface area contributed by atoms with Crippen LogP contribution in [-0.2, 0) is 6.18 Å². The lowest BCUT2D eigenvalue weighted by molar-refractivity contribution is -0.141. The summed E-state index contributed by atoms with van der Waals surface area (Å²) in [4.78, 5) is 17.3. The molecule has 0 aromatic carbocycles. The lowest BCUT2D eigenvalue weighted by Crippen LogP contribution is -2.34. The standard InChI is InChI=1S/C19H24F3N5O/c20-19(21,22)15-10-24-18(25-15)13-6-8-27(9-7-13)16-11-23-12-17(26-16)28-14-4-2-1-3-5-14/h10-14H,1-9H2,(H,24,25). The summed E-state index contributed by atoms with van der Waals surface area (Å²) in [6.07, 6.45) is 7.23. The highest BCUT2D eigenvalue weighted by molar-refractivity contribution is 5.38. The van der Waals surface area contributed by atoms with Crippen molar-refractivity contribution >= 4 is 5.82 Å². The molecule has 1 aliphatic carbocycles. The molecule has 1 saturated heterocycles. The molecule has 9 heteroatoms. The highest BCUT2D eigenvalue weighted by Gasteiger charge is 2.34. The molecular formula is C19H24F3N5O. The molecule has 2 aliphatic rings. The van der Waals surface area contributed by atoms with Crippen molar-refractivity contribution in [1.82, 2.24) is 19.9 Å². The molecule has 152 valence electrons. The maximum atomic E-state index is 12.8. The molecule has 0 amide bonds. The number of piperidine rings is 1. The van der Waals surface area contributed by atoms with Crippen LogP contribution in [0.2, 0.25) is 0 Å². The number of anilines is 1. The van der Waals surface area contributed by atoms with Gasteiger partial charge in [-0.25, -0.2) is 4.98 Å². The number of imidazole rings is 1. The normalized spacial score (nSPS) is 19.8. The summed E-state index contributed by atoms with van der Waals surface area (Å²) in [5.74, 6) is 1.70. The van der Waals surface area contributed by atoms with Crippen LogP contribution in [0.3, 0.4) is 0 Å². The van der Waals surface area contributed by atoms with Crippen LogP contribution < -0.4 is 9.64 Å². The van der Waals surface area contributed by atoms with Gasteiger partial charge in [-0.15, -0.1) is 0 Å². The van der Waals surface area contributed by atoms with Gasteiger partial charge in [0, 0.05) is 19.0 Å². The summed E-state index contributed by atoms with van der Waals surface area (Å²) >= 11 is 0. The average molecular weight is 395 g/mol. The first-order valence-corrected chi connectivity index (χ1v) is 9.85. The molecule has 0 unspecified atom stereocenters. The van der Waals surface area contributed by atoms with E-state index in [1.54, 1.807) is 12.4 Å². The lowest BCUT2D eigenvalue weighted by atomic mass is 9.96. The van der Waals surface area contributed by atoms with Crippen molar-refractivity contribution in [3.05, 3.63) is 30.1 Å². The fourth-order valence-electron chi connectivity index (χ4n) is 3.97. The van der Waals surface area contributed by atoms with Crippen LogP contribution in [0.4, 0.5) is 19.0 Å². The number of nitrogens with zero attached hydrogens (tertiary/aromatic N) is 4. The van der Waals surface area contributed by atoms with Gasteiger partial charge < -0.3 is 14.6 Å². The quantitative estimate of drug-likeness (QED) is 0.835. The summed E-state index contributed by atoms with van der Waals surface area (Å²) in [6.45, 7) is 1.38. The Morgan fingerprint density at radius 3 is 2.43 bits per heavy atom. The van der Waals surface area contributed by atoms with Gasteiger partial charge >= 0.3 is 6.18 Å². The van der Waals surface area contributed by atoms with Crippen LogP contribution in [0.15, 0.2) is 18.6 Å². The van der Waals surface area contributed by atoms with Crippen molar-refractivity contribution in [3.63, 3.8) is 0 Å². The molecule has 0 spiro atoms. The van der Waals surface area contributed by atoms with Gasteiger partial charge in [-0.2, -0.15) is 18.2 Å². The second kappa shape index (κ2) is 7.97. The van der Waals surface area contributed by atoms with Gasteiger partial charge in [0.2, 0.25) is 5.88 Å². The predicted molar refractivity (Wildman–Crippen MR) is 97.3 cm³/mol. The third-order valence-corrected chi connectivity index (χ3v) is 5.55. The largest absolute Gasteiger partial charge is 0.473 e. The third-order valence-electron chi connectivity index (χ3n) is 5.55. The maximum Gasteiger partial charge on any atom is 0.432 e. The number of aromatic nitrogens is 4. The van der Waals surface area contributed by atoms with Crippen LogP contribution in [0.5, 0.6) is 5.88 Å². The highest BCUT2D eigenvalue weighted by Crippen LogP contribution is 2.32. The van der Waals surface area contributed by atoms with Crippen molar-refractivity contribution in [2.75, 3.05) is 18.0 Å². The van der Waals surface area contributed by atoms with Crippen LogP contribution in [-0.4, -0.2) is 39.1 Å². The monoisotopic (exact) mass is 395 g/mol. The second-order valence-corrected chi connectivity index (χ2v) is 7.53. The zero-order valence-corrected chi connectivity index (χ0v) is 15.6. The Morgan fingerprint density at radius 2 is 1.75 bits per heavy atom. The molecule has 6 nitrogen and oxygen atoms in total. The van der Waals surface area contributed by atoms with Crippen molar-refractivity contribution in [1.29, 1.82) is 0 Å². The predicted octanol–water partition coefficient (Wildman–Crippen LogP) is 4.31. The van der Waals surface area contributed by atoms with Gasteiger partial charge in [-0.1, -0.05) is 6.42 Å². The number of ether oxygens (including phenoxy) is 1. The Hall–Kier alpha value is -2.32. The number of alkyl halides is 3. The zero-order valence-electron chi connectivity index (χ0n) is 15.6. The number of hydrogen-bond donors (Lipinski definition) is 1. The lowest BCUT2D eigenvalue weighted by Gasteiger charge is -2.32. The second-order valence-electron chi connectivity index (χ2n) is 7.53. The molecular weight excluding hydrogens is 371 g/mol. The first kappa shape index (κ1) is 19.0. The molecule has 0 radical (unpaired) electrons. The van der Waals surface area contributed by atoms with Gasteiger partial charge in [0.05, 0.1) is 18.6 Å². The van der Waals surface area contributed by atoms with E-state index in [1.165, 1.54) is 19.3 Å². The molecule has 1 aliphatic heterocycles. The maximum absolute atomic E-state index is 12.8. The molecule has 2 fully saturated rings. The molecule has 3 heterocycles. The van der Waals surface area contributed by atoms with Crippen LogP contribution in [0, 0.1) is 0 Å². The van der Waals surface area contributed by atoms with Gasteiger partial charge in [0.25, 0.3) is 0 Å². The number of rotatable bonds is 4. The van der Waals surface area contributed by atoms with E-state index in [1.807, 2.05) is 0 Å².